The fourth-order valence-electron chi connectivity index (χ4n) is 1.92. The molecule has 0 fully saturated rings. The summed E-state index contributed by atoms with van der Waals surface area (Å²) in [5.41, 5.74) is 5.49. The van der Waals surface area contributed by atoms with Gasteiger partial charge in [0.2, 0.25) is 0 Å². The van der Waals surface area contributed by atoms with Crippen molar-refractivity contribution in [1.29, 1.82) is 0 Å². The summed E-state index contributed by atoms with van der Waals surface area (Å²) in [6, 6.07) is 11.1. The largest absolute Gasteiger partial charge is 0.274 e. The maximum atomic E-state index is 11.7. The summed E-state index contributed by atoms with van der Waals surface area (Å²) in [5, 5.41) is 0. The Hall–Kier alpha value is -2.76. The van der Waals surface area contributed by atoms with E-state index in [0.717, 1.165) is 0 Å². The monoisotopic (exact) mass is 300 g/mol. The number of rotatable bonds is 7. The fourth-order valence-corrected chi connectivity index (χ4v) is 1.92. The number of amides is 2. The average molecular weight is 300 g/mol. The van der Waals surface area contributed by atoms with Crippen LogP contribution >= 0.6 is 0 Å². The number of aromatic nitrogens is 2. The van der Waals surface area contributed by atoms with Gasteiger partial charge in [-0.2, -0.15) is 0 Å². The van der Waals surface area contributed by atoms with Crippen molar-refractivity contribution in [3.8, 4) is 0 Å². The number of carbonyl (C=O) groups excluding carboxylic acids is 2. The molecule has 0 aromatic carbocycles. The maximum absolute atomic E-state index is 11.7. The van der Waals surface area contributed by atoms with Crippen molar-refractivity contribution in [3.63, 3.8) is 0 Å². The van der Waals surface area contributed by atoms with E-state index in [0.29, 0.717) is 25.7 Å². The Labute approximate surface area is 129 Å². The molecule has 0 aliphatic rings. The molecule has 0 bridgehead atoms. The highest BCUT2D eigenvalue weighted by atomic mass is 16.2. The quantitative estimate of drug-likeness (QED) is 0.583. The fraction of sp³-hybridized carbons (Fsp3) is 0.250. The molecule has 6 nitrogen and oxygen atoms in total. The van der Waals surface area contributed by atoms with Crippen molar-refractivity contribution in [1.82, 2.24) is 0 Å². The topological polar surface area (TPSA) is 66.0 Å². The van der Waals surface area contributed by atoms with Gasteiger partial charge in [-0.05, 0) is 12.8 Å². The number of carbonyl (C=O) groups is 2. The van der Waals surface area contributed by atoms with Crippen LogP contribution in [0.25, 0.3) is 0 Å². The minimum atomic E-state index is -0.0611. The van der Waals surface area contributed by atoms with Gasteiger partial charge in [0.25, 0.3) is 11.8 Å². The Morgan fingerprint density at radius 2 is 1.00 bits per heavy atom. The summed E-state index contributed by atoms with van der Waals surface area (Å²) in [5.74, 6) is -0.122. The summed E-state index contributed by atoms with van der Waals surface area (Å²) >= 11 is 0. The van der Waals surface area contributed by atoms with Crippen LogP contribution in [0.4, 0.5) is 0 Å². The van der Waals surface area contributed by atoms with Crippen LogP contribution in [0.5, 0.6) is 0 Å². The second kappa shape index (κ2) is 8.51. The number of hydrogen-bond acceptors (Lipinski definition) is 2. The van der Waals surface area contributed by atoms with Crippen LogP contribution in [0, 0.1) is 0 Å². The standard InChI is InChI=1S/C16H18N4O2/c21-15(17-19-11-5-1-6-12-19)9-3-4-10-16(22)18-20-13-7-2-8-14-20/h1-2,5-8,11-14H,3-4,9-10H2/p+2. The third-order valence-electron chi connectivity index (χ3n) is 3.00. The van der Waals surface area contributed by atoms with Gasteiger partial charge in [0.1, 0.15) is 0 Å². The number of nitrogens with zero attached hydrogens (tertiary/aromatic N) is 2. The molecule has 0 unspecified atom stereocenters. The normalized spacial score (nSPS) is 10.0. The predicted molar refractivity (Wildman–Crippen MR) is 80.5 cm³/mol. The lowest BCUT2D eigenvalue weighted by molar-refractivity contribution is -0.642. The van der Waals surface area contributed by atoms with Gasteiger partial charge in [-0.15, -0.1) is 10.9 Å². The zero-order chi connectivity index (χ0) is 15.6. The van der Waals surface area contributed by atoms with Crippen LogP contribution < -0.4 is 20.2 Å². The molecule has 114 valence electrons. The lowest BCUT2D eigenvalue weighted by Gasteiger charge is -2.01. The first kappa shape index (κ1) is 15.6. The van der Waals surface area contributed by atoms with E-state index in [2.05, 4.69) is 10.9 Å². The second-order valence-corrected chi connectivity index (χ2v) is 4.84. The summed E-state index contributed by atoms with van der Waals surface area (Å²) in [6.45, 7) is 0. The third-order valence-corrected chi connectivity index (χ3v) is 3.00. The molecule has 2 amide bonds. The summed E-state index contributed by atoms with van der Waals surface area (Å²) in [4.78, 5) is 23.4. The van der Waals surface area contributed by atoms with E-state index >= 15 is 0 Å². The predicted octanol–water partition coefficient (Wildman–Crippen LogP) is 0.662. The number of nitrogens with one attached hydrogen (secondary N) is 2. The van der Waals surface area contributed by atoms with Gasteiger partial charge in [0.15, 0.2) is 24.8 Å². The first-order valence-corrected chi connectivity index (χ1v) is 7.26. The first-order chi connectivity index (χ1) is 10.7. The summed E-state index contributed by atoms with van der Waals surface area (Å²) in [7, 11) is 0. The van der Waals surface area contributed by atoms with E-state index in [1.165, 1.54) is 0 Å². The third kappa shape index (κ3) is 5.70. The SMILES string of the molecule is O=C(CCCCC(=O)N[n+]1ccccc1)N[n+]1ccccc1. The summed E-state index contributed by atoms with van der Waals surface area (Å²) in [6.07, 6.45) is 9.20. The van der Waals surface area contributed by atoms with E-state index < -0.39 is 0 Å². The van der Waals surface area contributed by atoms with E-state index in [1.807, 2.05) is 36.4 Å². The molecule has 0 saturated heterocycles. The second-order valence-electron chi connectivity index (χ2n) is 4.84. The molecule has 0 atom stereocenters. The Kier molecular flexibility index (Phi) is 6.04. The van der Waals surface area contributed by atoms with Crippen LogP contribution in [-0.2, 0) is 9.59 Å². The zero-order valence-corrected chi connectivity index (χ0v) is 12.3. The molecule has 0 radical (unpaired) electrons. The minimum absolute atomic E-state index is 0.0611. The minimum Gasteiger partial charge on any atom is -0.269 e. The van der Waals surface area contributed by atoms with Gasteiger partial charge in [-0.3, -0.25) is 9.59 Å². The Balaban J connectivity index is 1.60. The van der Waals surface area contributed by atoms with Crippen molar-refractivity contribution in [2.75, 3.05) is 10.9 Å². The highest BCUT2D eigenvalue weighted by Crippen LogP contribution is 1.99. The average Bonchev–Trinajstić information content (AvgIpc) is 2.53. The van der Waals surface area contributed by atoms with Gasteiger partial charge in [-0.25, -0.2) is 0 Å². The van der Waals surface area contributed by atoms with Crippen molar-refractivity contribution < 1.29 is 18.9 Å². The van der Waals surface area contributed by atoms with Gasteiger partial charge < -0.3 is 0 Å². The molecule has 0 spiro atoms. The van der Waals surface area contributed by atoms with E-state index in [-0.39, 0.29) is 11.8 Å². The molecular formula is C16H20N4O2+2. The van der Waals surface area contributed by atoms with Crippen LogP contribution in [0.2, 0.25) is 0 Å². The zero-order valence-electron chi connectivity index (χ0n) is 12.3. The Morgan fingerprint density at radius 1 is 0.636 bits per heavy atom. The number of hydrogen-bond donors (Lipinski definition) is 2. The van der Waals surface area contributed by atoms with E-state index in [4.69, 9.17) is 0 Å². The number of unbranched alkanes of at least 4 members (excludes halogenated alkanes) is 1. The first-order valence-electron chi connectivity index (χ1n) is 7.26. The molecule has 2 rings (SSSR count). The highest BCUT2D eigenvalue weighted by molar-refractivity contribution is 5.82. The molecular weight excluding hydrogens is 280 g/mol. The van der Waals surface area contributed by atoms with Crippen LogP contribution in [0.15, 0.2) is 61.2 Å². The Bertz CT molecular complexity index is 547. The van der Waals surface area contributed by atoms with Crippen molar-refractivity contribution >= 4 is 11.8 Å². The molecule has 2 N–H and O–H groups in total. The molecule has 0 saturated carbocycles. The molecule has 2 aromatic heterocycles. The molecule has 0 aliphatic carbocycles. The van der Waals surface area contributed by atoms with Crippen LogP contribution in [-0.4, -0.2) is 11.8 Å². The smallest absolute Gasteiger partial charge is 0.269 e. The molecule has 6 heteroatoms. The van der Waals surface area contributed by atoms with Gasteiger partial charge in [0, 0.05) is 37.1 Å². The van der Waals surface area contributed by atoms with E-state index in [1.54, 1.807) is 34.1 Å². The highest BCUT2D eigenvalue weighted by Gasteiger charge is 2.09. The van der Waals surface area contributed by atoms with E-state index in [9.17, 15) is 9.59 Å². The van der Waals surface area contributed by atoms with Crippen LogP contribution in [0.1, 0.15) is 25.7 Å². The Morgan fingerprint density at radius 3 is 1.36 bits per heavy atom. The van der Waals surface area contributed by atoms with Crippen molar-refractivity contribution in [2.24, 2.45) is 0 Å². The number of pyridine rings is 2. The maximum Gasteiger partial charge on any atom is 0.274 e. The van der Waals surface area contributed by atoms with Gasteiger partial charge in [0.05, 0.1) is 0 Å². The lowest BCUT2D eigenvalue weighted by atomic mass is 10.2. The van der Waals surface area contributed by atoms with Gasteiger partial charge >= 0.3 is 0 Å². The molecule has 22 heavy (non-hydrogen) atoms. The van der Waals surface area contributed by atoms with Crippen LogP contribution in [0.3, 0.4) is 0 Å². The summed E-state index contributed by atoms with van der Waals surface area (Å²) < 4.78 is 3.22. The molecule has 0 aliphatic heterocycles. The van der Waals surface area contributed by atoms with Gasteiger partial charge in [-0.1, -0.05) is 21.5 Å². The molecule has 2 heterocycles. The van der Waals surface area contributed by atoms with Crippen molar-refractivity contribution in [3.05, 3.63) is 61.2 Å². The van der Waals surface area contributed by atoms with Crippen molar-refractivity contribution in [2.45, 2.75) is 25.7 Å². The lowest BCUT2D eigenvalue weighted by Crippen LogP contribution is -2.47. The molecule has 2 aromatic rings.